The van der Waals surface area contributed by atoms with Crippen LogP contribution in [0.3, 0.4) is 0 Å². The van der Waals surface area contributed by atoms with Crippen LogP contribution in [0.25, 0.3) is 0 Å². The maximum Gasteiger partial charge on any atom is 0.331 e. The molecule has 1 amide bonds. The molecular weight excluding hydrogens is 380 g/mol. The number of amides is 1. The lowest BCUT2D eigenvalue weighted by molar-refractivity contribution is -0.125. The predicted molar refractivity (Wildman–Crippen MR) is 113 cm³/mol. The van der Waals surface area contributed by atoms with E-state index in [1.54, 1.807) is 24.0 Å². The number of carbonyl (C=O) groups excluding carboxylic acids is 1. The van der Waals surface area contributed by atoms with Gasteiger partial charge in [0, 0.05) is 43.2 Å². The molecule has 0 aliphatic heterocycles. The summed E-state index contributed by atoms with van der Waals surface area (Å²) in [5.41, 5.74) is 2.57. The van der Waals surface area contributed by atoms with E-state index in [1.165, 1.54) is 4.57 Å². The number of nitrogens with one attached hydrogen (secondary N) is 1. The molecule has 4 rings (SSSR count). The zero-order valence-electron chi connectivity index (χ0n) is 16.9. The number of fused-ring (bicyclic) bond motifs is 1. The number of carbonyl (C=O) groups is 1. The zero-order valence-corrected chi connectivity index (χ0v) is 16.9. The van der Waals surface area contributed by atoms with E-state index < -0.39 is 0 Å². The Hall–Kier alpha value is -3.48. The number of hydrogen-bond acceptors (Lipinski definition) is 4. The first-order valence-electron chi connectivity index (χ1n) is 10.1. The Morgan fingerprint density at radius 3 is 2.57 bits per heavy atom. The topological polar surface area (TPSA) is 86.0 Å². The summed E-state index contributed by atoms with van der Waals surface area (Å²) in [5, 5.41) is 2.96. The highest BCUT2D eigenvalue weighted by molar-refractivity contribution is 5.79. The summed E-state index contributed by atoms with van der Waals surface area (Å²) < 4.78 is 2.83. The third kappa shape index (κ3) is 3.96. The predicted octanol–water partition coefficient (Wildman–Crippen LogP) is 1.41. The standard InChI is InChI=1S/C23H24N4O3/c1-26-20-8-7-18(21(28)25-14-16-9-11-24-12-10-16)13-19(20)22(29)27(23(26)30)15-17-5-3-2-4-6-17/h2-6,9-12,18H,7-8,13-15H2,1H3,(H,25,28). The monoisotopic (exact) mass is 404 g/mol. The zero-order chi connectivity index (χ0) is 21.1. The van der Waals surface area contributed by atoms with Crippen LogP contribution in [0.5, 0.6) is 0 Å². The Morgan fingerprint density at radius 2 is 1.83 bits per heavy atom. The van der Waals surface area contributed by atoms with Gasteiger partial charge in [-0.2, -0.15) is 0 Å². The molecule has 1 unspecified atom stereocenters. The number of aromatic nitrogens is 3. The number of rotatable bonds is 5. The molecule has 0 spiro atoms. The lowest BCUT2D eigenvalue weighted by Gasteiger charge is -2.26. The highest BCUT2D eigenvalue weighted by atomic mass is 16.2. The van der Waals surface area contributed by atoms with Crippen LogP contribution in [0.15, 0.2) is 64.4 Å². The van der Waals surface area contributed by atoms with Gasteiger partial charge in [-0.25, -0.2) is 4.79 Å². The molecule has 2 heterocycles. The van der Waals surface area contributed by atoms with Crippen molar-refractivity contribution in [2.75, 3.05) is 0 Å². The molecule has 1 N–H and O–H groups in total. The third-order valence-electron chi connectivity index (χ3n) is 5.72. The van der Waals surface area contributed by atoms with Crippen molar-refractivity contribution < 1.29 is 4.79 Å². The van der Waals surface area contributed by atoms with Crippen LogP contribution in [-0.4, -0.2) is 20.0 Å². The second kappa shape index (κ2) is 8.49. The Morgan fingerprint density at radius 1 is 1.10 bits per heavy atom. The van der Waals surface area contributed by atoms with Crippen molar-refractivity contribution in [2.24, 2.45) is 13.0 Å². The summed E-state index contributed by atoms with van der Waals surface area (Å²) in [6.45, 7) is 0.648. The molecule has 0 radical (unpaired) electrons. The van der Waals surface area contributed by atoms with Crippen molar-refractivity contribution in [3.63, 3.8) is 0 Å². The highest BCUT2D eigenvalue weighted by Crippen LogP contribution is 2.22. The SMILES string of the molecule is Cn1c2c(c(=O)n(Cc3ccccc3)c1=O)CC(C(=O)NCc1ccncc1)CC2. The summed E-state index contributed by atoms with van der Waals surface area (Å²) in [4.78, 5) is 42.6. The van der Waals surface area contributed by atoms with E-state index in [0.717, 1.165) is 16.8 Å². The van der Waals surface area contributed by atoms with Crippen LogP contribution in [0.2, 0.25) is 0 Å². The minimum absolute atomic E-state index is 0.0691. The van der Waals surface area contributed by atoms with E-state index in [9.17, 15) is 14.4 Å². The van der Waals surface area contributed by atoms with Gasteiger partial charge in [-0.3, -0.25) is 19.1 Å². The average molecular weight is 404 g/mol. The molecular formula is C23H24N4O3. The van der Waals surface area contributed by atoms with Crippen LogP contribution in [0.4, 0.5) is 0 Å². The smallest absolute Gasteiger partial charge is 0.331 e. The minimum Gasteiger partial charge on any atom is -0.352 e. The first kappa shape index (κ1) is 19.8. The lowest BCUT2D eigenvalue weighted by atomic mass is 9.86. The van der Waals surface area contributed by atoms with Crippen LogP contribution in [-0.2, 0) is 37.8 Å². The van der Waals surface area contributed by atoms with Crippen LogP contribution >= 0.6 is 0 Å². The molecule has 3 aromatic rings. The number of nitrogens with zero attached hydrogens (tertiary/aromatic N) is 3. The van der Waals surface area contributed by atoms with E-state index >= 15 is 0 Å². The van der Waals surface area contributed by atoms with Gasteiger partial charge >= 0.3 is 5.69 Å². The normalized spacial score (nSPS) is 15.4. The van der Waals surface area contributed by atoms with Gasteiger partial charge in [0.15, 0.2) is 0 Å². The number of benzene rings is 1. The summed E-state index contributed by atoms with van der Waals surface area (Å²) >= 11 is 0. The van der Waals surface area contributed by atoms with Gasteiger partial charge < -0.3 is 9.88 Å². The quantitative estimate of drug-likeness (QED) is 0.697. The average Bonchev–Trinajstić information content (AvgIpc) is 2.80. The fourth-order valence-corrected chi connectivity index (χ4v) is 4.02. The molecule has 7 nitrogen and oxygen atoms in total. The second-order valence-electron chi connectivity index (χ2n) is 7.66. The minimum atomic E-state index is -0.316. The van der Waals surface area contributed by atoms with Gasteiger partial charge in [-0.15, -0.1) is 0 Å². The van der Waals surface area contributed by atoms with Gasteiger partial charge in [-0.05, 0) is 42.5 Å². The first-order valence-corrected chi connectivity index (χ1v) is 10.1. The molecule has 1 aromatic carbocycles. The van der Waals surface area contributed by atoms with Crippen molar-refractivity contribution in [2.45, 2.75) is 32.4 Å². The van der Waals surface area contributed by atoms with Crippen molar-refractivity contribution >= 4 is 5.91 Å². The third-order valence-corrected chi connectivity index (χ3v) is 5.72. The Bertz CT molecular complexity index is 1170. The Balaban J connectivity index is 1.57. The van der Waals surface area contributed by atoms with E-state index in [2.05, 4.69) is 10.3 Å². The molecule has 154 valence electrons. The summed E-state index contributed by atoms with van der Waals surface area (Å²) in [7, 11) is 1.70. The fourth-order valence-electron chi connectivity index (χ4n) is 4.02. The Kier molecular flexibility index (Phi) is 5.61. The molecule has 2 aromatic heterocycles. The number of pyridine rings is 1. The second-order valence-corrected chi connectivity index (χ2v) is 7.66. The van der Waals surface area contributed by atoms with Crippen LogP contribution in [0.1, 0.15) is 28.8 Å². The lowest BCUT2D eigenvalue weighted by Crippen LogP contribution is -2.46. The van der Waals surface area contributed by atoms with Gasteiger partial charge in [0.05, 0.1) is 6.54 Å². The number of hydrogen-bond donors (Lipinski definition) is 1. The van der Waals surface area contributed by atoms with Crippen molar-refractivity contribution in [1.29, 1.82) is 0 Å². The summed E-state index contributed by atoms with van der Waals surface area (Å²) in [6, 6.07) is 13.1. The molecule has 1 aliphatic carbocycles. The maximum atomic E-state index is 13.1. The maximum absolute atomic E-state index is 13.1. The van der Waals surface area contributed by atoms with Crippen LogP contribution < -0.4 is 16.6 Å². The van der Waals surface area contributed by atoms with Crippen molar-refractivity contribution in [3.8, 4) is 0 Å². The van der Waals surface area contributed by atoms with E-state index in [4.69, 9.17) is 0 Å². The van der Waals surface area contributed by atoms with E-state index in [0.29, 0.717) is 31.4 Å². The van der Waals surface area contributed by atoms with E-state index in [1.807, 2.05) is 42.5 Å². The molecule has 0 saturated heterocycles. The van der Waals surface area contributed by atoms with Gasteiger partial charge in [0.2, 0.25) is 5.91 Å². The molecule has 30 heavy (non-hydrogen) atoms. The van der Waals surface area contributed by atoms with E-state index in [-0.39, 0.29) is 29.6 Å². The molecule has 0 saturated carbocycles. The molecule has 1 atom stereocenters. The summed E-state index contributed by atoms with van der Waals surface area (Å²) in [6.07, 6.45) is 4.88. The molecule has 0 bridgehead atoms. The molecule has 0 fully saturated rings. The summed E-state index contributed by atoms with van der Waals surface area (Å²) in [5.74, 6) is -0.352. The highest BCUT2D eigenvalue weighted by Gasteiger charge is 2.29. The van der Waals surface area contributed by atoms with Gasteiger partial charge in [0.25, 0.3) is 5.56 Å². The first-order chi connectivity index (χ1) is 14.5. The largest absolute Gasteiger partial charge is 0.352 e. The van der Waals surface area contributed by atoms with Crippen LogP contribution in [0, 0.1) is 5.92 Å². The fraction of sp³-hybridized carbons (Fsp3) is 0.304. The molecule has 7 heteroatoms. The van der Waals surface area contributed by atoms with Crippen molar-refractivity contribution in [1.82, 2.24) is 19.4 Å². The van der Waals surface area contributed by atoms with Crippen molar-refractivity contribution in [3.05, 3.63) is 98.1 Å². The van der Waals surface area contributed by atoms with Gasteiger partial charge in [-0.1, -0.05) is 30.3 Å². The Labute approximate surface area is 174 Å². The molecule has 1 aliphatic rings. The van der Waals surface area contributed by atoms with Gasteiger partial charge in [0.1, 0.15) is 0 Å².